The Hall–Kier alpha value is -2.21. The molecule has 1 amide bonds. The van der Waals surface area contributed by atoms with Gasteiger partial charge in [-0.3, -0.25) is 9.59 Å². The van der Waals surface area contributed by atoms with Crippen LogP contribution in [0.2, 0.25) is 0 Å². The highest BCUT2D eigenvalue weighted by Crippen LogP contribution is 2.22. The first-order valence-corrected chi connectivity index (χ1v) is 8.10. The summed E-state index contributed by atoms with van der Waals surface area (Å²) in [4.78, 5) is 24.5. The monoisotopic (exact) mass is 335 g/mol. The molecule has 0 aliphatic carbocycles. The Bertz CT molecular complexity index is 640. The van der Waals surface area contributed by atoms with E-state index in [4.69, 9.17) is 0 Å². The van der Waals surface area contributed by atoms with Gasteiger partial charge >= 0.3 is 5.97 Å². The van der Waals surface area contributed by atoms with Crippen LogP contribution < -0.4 is 5.32 Å². The lowest BCUT2D eigenvalue weighted by molar-refractivity contribution is -0.141. The smallest absolute Gasteiger partial charge is 0.307 e. The molecule has 1 aromatic heterocycles. The van der Waals surface area contributed by atoms with Crippen molar-refractivity contribution in [1.82, 2.24) is 5.32 Å². The van der Waals surface area contributed by atoms with Crippen LogP contribution in [-0.4, -0.2) is 19.0 Å². The minimum absolute atomic E-state index is 0.0965. The number of carbonyl (C=O) groups excluding carboxylic acids is 2. The fraction of sp³-hybridized carbons (Fsp3) is 0.294. The Balaban J connectivity index is 1.91. The molecule has 2 aromatic rings. The summed E-state index contributed by atoms with van der Waals surface area (Å²) in [5.74, 6) is -0.826. The van der Waals surface area contributed by atoms with Crippen molar-refractivity contribution >= 4 is 23.2 Å². The van der Waals surface area contributed by atoms with Crippen molar-refractivity contribution in [2.75, 3.05) is 7.11 Å². The molecule has 1 aromatic carbocycles. The third-order valence-electron chi connectivity index (χ3n) is 3.37. The van der Waals surface area contributed by atoms with Crippen molar-refractivity contribution in [2.24, 2.45) is 0 Å². The molecule has 1 N–H and O–H groups in total. The van der Waals surface area contributed by atoms with Gasteiger partial charge < -0.3 is 10.1 Å². The van der Waals surface area contributed by atoms with Gasteiger partial charge in [-0.1, -0.05) is 18.2 Å². The number of halogens is 1. The van der Waals surface area contributed by atoms with E-state index in [0.29, 0.717) is 6.42 Å². The molecule has 1 heterocycles. The van der Waals surface area contributed by atoms with Crippen molar-refractivity contribution in [3.8, 4) is 0 Å². The highest BCUT2D eigenvalue weighted by Gasteiger charge is 2.19. The normalized spacial score (nSPS) is 11.7. The predicted octanol–water partition coefficient (Wildman–Crippen LogP) is 3.24. The van der Waals surface area contributed by atoms with Gasteiger partial charge in [0, 0.05) is 11.3 Å². The van der Waals surface area contributed by atoms with Crippen LogP contribution in [0.15, 0.2) is 41.8 Å². The molecule has 0 aliphatic heterocycles. The van der Waals surface area contributed by atoms with E-state index in [-0.39, 0.29) is 36.6 Å². The second-order valence-corrected chi connectivity index (χ2v) is 6.02. The van der Waals surface area contributed by atoms with Crippen molar-refractivity contribution < 1.29 is 18.7 Å². The number of aryl methyl sites for hydroxylation is 1. The van der Waals surface area contributed by atoms with Crippen LogP contribution in [0.4, 0.5) is 4.39 Å². The van der Waals surface area contributed by atoms with Crippen molar-refractivity contribution in [3.63, 3.8) is 0 Å². The van der Waals surface area contributed by atoms with Crippen LogP contribution in [0.3, 0.4) is 0 Å². The molecular weight excluding hydrogens is 317 g/mol. The summed E-state index contributed by atoms with van der Waals surface area (Å²) in [6.07, 6.45) is 0.884. The van der Waals surface area contributed by atoms with Gasteiger partial charge in [0.25, 0.3) is 0 Å². The number of carbonyl (C=O) groups is 2. The third-order valence-corrected chi connectivity index (χ3v) is 4.36. The number of hydrogen-bond donors (Lipinski definition) is 1. The van der Waals surface area contributed by atoms with Gasteiger partial charge in [-0.2, -0.15) is 0 Å². The van der Waals surface area contributed by atoms with Gasteiger partial charge in [0.15, 0.2) is 0 Å². The minimum atomic E-state index is -0.386. The van der Waals surface area contributed by atoms with E-state index in [0.717, 1.165) is 10.4 Å². The molecule has 0 spiro atoms. The molecule has 0 bridgehead atoms. The number of rotatable bonds is 7. The number of amides is 1. The Morgan fingerprint density at radius 2 is 2.00 bits per heavy atom. The molecule has 0 fully saturated rings. The summed E-state index contributed by atoms with van der Waals surface area (Å²) in [6, 6.07) is 9.43. The number of esters is 1. The average molecular weight is 335 g/mol. The van der Waals surface area contributed by atoms with E-state index >= 15 is 0 Å². The number of ether oxygens (including phenoxy) is 1. The lowest BCUT2D eigenvalue weighted by Gasteiger charge is -2.16. The molecule has 6 heteroatoms. The first kappa shape index (κ1) is 17.1. The van der Waals surface area contributed by atoms with Crippen LogP contribution >= 0.6 is 11.3 Å². The maximum Gasteiger partial charge on any atom is 0.307 e. The van der Waals surface area contributed by atoms with Gasteiger partial charge in [-0.25, -0.2) is 4.39 Å². The third kappa shape index (κ3) is 5.49. The molecule has 0 unspecified atom stereocenters. The summed E-state index contributed by atoms with van der Waals surface area (Å²) in [5.41, 5.74) is 0.891. The Labute approximate surface area is 138 Å². The zero-order chi connectivity index (χ0) is 16.7. The SMILES string of the molecule is COC(=O)C[C@@H](NC(=O)CCc1ccc(F)cc1)c1cccs1. The Morgan fingerprint density at radius 1 is 1.26 bits per heavy atom. The standard InChI is InChI=1S/C17H18FNO3S/c1-22-17(21)11-14(15-3-2-10-23-15)19-16(20)9-6-12-4-7-13(18)8-5-12/h2-5,7-8,10,14H,6,9,11H2,1H3,(H,19,20)/t14-/m1/s1. The highest BCUT2D eigenvalue weighted by molar-refractivity contribution is 7.10. The maximum absolute atomic E-state index is 12.8. The molecule has 0 saturated heterocycles. The van der Waals surface area contributed by atoms with Crippen LogP contribution in [0.25, 0.3) is 0 Å². The molecule has 122 valence electrons. The predicted molar refractivity (Wildman–Crippen MR) is 86.6 cm³/mol. The fourth-order valence-corrected chi connectivity index (χ4v) is 2.92. The summed E-state index contributed by atoms with van der Waals surface area (Å²) in [6.45, 7) is 0. The molecule has 23 heavy (non-hydrogen) atoms. The van der Waals surface area contributed by atoms with E-state index in [1.54, 1.807) is 12.1 Å². The second-order valence-electron chi connectivity index (χ2n) is 5.04. The first-order valence-electron chi connectivity index (χ1n) is 7.22. The van der Waals surface area contributed by atoms with E-state index < -0.39 is 0 Å². The zero-order valence-electron chi connectivity index (χ0n) is 12.8. The maximum atomic E-state index is 12.8. The number of methoxy groups -OCH3 is 1. The van der Waals surface area contributed by atoms with Crippen molar-refractivity contribution in [3.05, 3.63) is 58.0 Å². The fourth-order valence-electron chi connectivity index (χ4n) is 2.14. The lowest BCUT2D eigenvalue weighted by atomic mass is 10.1. The molecule has 0 aliphatic rings. The van der Waals surface area contributed by atoms with Crippen LogP contribution in [0.5, 0.6) is 0 Å². The lowest BCUT2D eigenvalue weighted by Crippen LogP contribution is -2.30. The van der Waals surface area contributed by atoms with Gasteiger partial charge in [-0.15, -0.1) is 11.3 Å². The van der Waals surface area contributed by atoms with Crippen LogP contribution in [0.1, 0.15) is 29.3 Å². The second kappa shape index (κ2) is 8.43. The summed E-state index contributed by atoms with van der Waals surface area (Å²) in [7, 11) is 1.32. The number of thiophene rings is 1. The van der Waals surface area contributed by atoms with E-state index in [9.17, 15) is 14.0 Å². The topological polar surface area (TPSA) is 55.4 Å². The van der Waals surface area contributed by atoms with Gasteiger partial charge in [0.2, 0.25) is 5.91 Å². The summed E-state index contributed by atoms with van der Waals surface area (Å²) in [5, 5.41) is 4.76. The number of nitrogens with one attached hydrogen (secondary N) is 1. The first-order chi connectivity index (χ1) is 11.1. The van der Waals surface area contributed by atoms with Crippen molar-refractivity contribution in [1.29, 1.82) is 0 Å². The number of hydrogen-bond acceptors (Lipinski definition) is 4. The Morgan fingerprint density at radius 3 is 2.61 bits per heavy atom. The molecule has 4 nitrogen and oxygen atoms in total. The van der Waals surface area contributed by atoms with Gasteiger partial charge in [0.1, 0.15) is 5.82 Å². The molecule has 2 rings (SSSR count). The molecular formula is C17H18FNO3S. The van der Waals surface area contributed by atoms with Crippen molar-refractivity contribution in [2.45, 2.75) is 25.3 Å². The van der Waals surface area contributed by atoms with Gasteiger partial charge in [-0.05, 0) is 35.6 Å². The summed E-state index contributed by atoms with van der Waals surface area (Å²) < 4.78 is 17.5. The summed E-state index contributed by atoms with van der Waals surface area (Å²) >= 11 is 1.48. The average Bonchev–Trinajstić information content (AvgIpc) is 3.08. The van der Waals surface area contributed by atoms with Crippen LogP contribution in [-0.2, 0) is 20.7 Å². The molecule has 0 saturated carbocycles. The van der Waals surface area contributed by atoms with E-state index in [2.05, 4.69) is 10.1 Å². The van der Waals surface area contributed by atoms with E-state index in [1.165, 1.54) is 30.6 Å². The zero-order valence-corrected chi connectivity index (χ0v) is 13.6. The van der Waals surface area contributed by atoms with E-state index in [1.807, 2.05) is 17.5 Å². The largest absolute Gasteiger partial charge is 0.469 e. The number of benzene rings is 1. The molecule has 1 atom stereocenters. The highest BCUT2D eigenvalue weighted by atomic mass is 32.1. The molecule has 0 radical (unpaired) electrons. The van der Waals surface area contributed by atoms with Crippen LogP contribution in [0, 0.1) is 5.82 Å². The Kier molecular flexibility index (Phi) is 6.29. The minimum Gasteiger partial charge on any atom is -0.469 e. The van der Waals surface area contributed by atoms with Gasteiger partial charge in [0.05, 0.1) is 19.6 Å². The quantitative estimate of drug-likeness (QED) is 0.790.